The Labute approximate surface area is 227 Å². The summed E-state index contributed by atoms with van der Waals surface area (Å²) in [4.78, 5) is 40.1. The lowest BCUT2D eigenvalue weighted by atomic mass is 9.98. The topological polar surface area (TPSA) is 126 Å². The standard InChI is InChI=1S/C26H24Cl2F2N4O4/c1-38-9-8-32-24(36)7-6-21-25(16-4-3-15(27)11-20(16)30)17(13-33-21)26(37)34-22(12-23(31)35)14-2-5-19(29)18(28)10-14/h2-7,10-11,13,22,33H,8-9,12H2,1H3,(H2,31,35)(H,32,36)(H,34,37)/b7-6+/t22-/m0/s1. The third-order valence-electron chi connectivity index (χ3n) is 5.42. The smallest absolute Gasteiger partial charge is 0.253 e. The van der Waals surface area contributed by atoms with E-state index in [4.69, 9.17) is 33.7 Å². The van der Waals surface area contributed by atoms with E-state index in [-0.39, 0.29) is 45.4 Å². The highest BCUT2D eigenvalue weighted by Gasteiger charge is 2.24. The first kappa shape index (κ1) is 28.8. The fraction of sp³-hybridized carbons (Fsp3) is 0.192. The van der Waals surface area contributed by atoms with Gasteiger partial charge < -0.3 is 26.1 Å². The molecule has 3 aromatic rings. The number of aromatic amines is 1. The highest BCUT2D eigenvalue weighted by Crippen LogP contribution is 2.33. The molecule has 0 aliphatic carbocycles. The van der Waals surface area contributed by atoms with Crippen molar-refractivity contribution in [2.45, 2.75) is 12.5 Å². The van der Waals surface area contributed by atoms with Crippen molar-refractivity contribution in [2.75, 3.05) is 20.3 Å². The molecular weight excluding hydrogens is 541 g/mol. The van der Waals surface area contributed by atoms with Crippen LogP contribution in [0.4, 0.5) is 8.78 Å². The lowest BCUT2D eigenvalue weighted by Crippen LogP contribution is -2.32. The minimum absolute atomic E-state index is 0.00772. The third kappa shape index (κ3) is 7.41. The van der Waals surface area contributed by atoms with Gasteiger partial charge in [0.25, 0.3) is 5.91 Å². The molecule has 0 saturated heterocycles. The Kier molecular flexibility index (Phi) is 10.0. The molecule has 2 aromatic carbocycles. The summed E-state index contributed by atoms with van der Waals surface area (Å²) in [5, 5.41) is 5.24. The first-order valence-electron chi connectivity index (χ1n) is 11.3. The number of hydrogen-bond donors (Lipinski definition) is 4. The number of halogens is 4. The highest BCUT2D eigenvalue weighted by atomic mass is 35.5. The Morgan fingerprint density at radius 3 is 2.55 bits per heavy atom. The van der Waals surface area contributed by atoms with Crippen molar-refractivity contribution in [3.63, 3.8) is 0 Å². The molecule has 200 valence electrons. The maximum Gasteiger partial charge on any atom is 0.253 e. The van der Waals surface area contributed by atoms with Crippen LogP contribution in [0.3, 0.4) is 0 Å². The molecule has 8 nitrogen and oxygen atoms in total. The summed E-state index contributed by atoms with van der Waals surface area (Å²) in [5.74, 6) is -3.23. The third-order valence-corrected chi connectivity index (χ3v) is 5.94. The Balaban J connectivity index is 2.00. The van der Waals surface area contributed by atoms with Gasteiger partial charge in [-0.05, 0) is 42.0 Å². The second-order valence-electron chi connectivity index (χ2n) is 8.10. The molecule has 1 atom stereocenters. The van der Waals surface area contributed by atoms with Crippen molar-refractivity contribution < 1.29 is 27.9 Å². The molecular formula is C26H24Cl2F2N4O4. The molecule has 1 heterocycles. The number of carbonyl (C=O) groups excluding carboxylic acids is 3. The zero-order chi connectivity index (χ0) is 27.8. The van der Waals surface area contributed by atoms with E-state index in [1.54, 1.807) is 0 Å². The van der Waals surface area contributed by atoms with E-state index in [0.29, 0.717) is 12.2 Å². The Morgan fingerprint density at radius 1 is 1.13 bits per heavy atom. The van der Waals surface area contributed by atoms with Gasteiger partial charge >= 0.3 is 0 Å². The highest BCUT2D eigenvalue weighted by molar-refractivity contribution is 6.31. The van der Waals surface area contributed by atoms with Crippen LogP contribution in [-0.2, 0) is 14.3 Å². The van der Waals surface area contributed by atoms with Crippen LogP contribution in [0.1, 0.15) is 34.1 Å². The van der Waals surface area contributed by atoms with E-state index >= 15 is 0 Å². The molecule has 3 amide bonds. The number of hydrogen-bond acceptors (Lipinski definition) is 4. The van der Waals surface area contributed by atoms with E-state index < -0.39 is 35.4 Å². The summed E-state index contributed by atoms with van der Waals surface area (Å²) in [5.41, 5.74) is 6.15. The number of ether oxygens (including phenoxy) is 1. The average molecular weight is 565 g/mol. The fourth-order valence-electron chi connectivity index (χ4n) is 3.65. The predicted octanol–water partition coefficient (Wildman–Crippen LogP) is 4.39. The molecule has 38 heavy (non-hydrogen) atoms. The van der Waals surface area contributed by atoms with Gasteiger partial charge in [-0.15, -0.1) is 0 Å². The summed E-state index contributed by atoms with van der Waals surface area (Å²) in [7, 11) is 1.50. The van der Waals surface area contributed by atoms with Gasteiger partial charge in [0.15, 0.2) is 0 Å². The molecule has 0 bridgehead atoms. The molecule has 5 N–H and O–H groups in total. The lowest BCUT2D eigenvalue weighted by Gasteiger charge is -2.19. The van der Waals surface area contributed by atoms with E-state index in [2.05, 4.69) is 15.6 Å². The quantitative estimate of drug-likeness (QED) is 0.203. The number of aromatic nitrogens is 1. The fourth-order valence-corrected chi connectivity index (χ4v) is 3.99. The van der Waals surface area contributed by atoms with Gasteiger partial charge in [0, 0.05) is 47.8 Å². The maximum absolute atomic E-state index is 15.0. The normalized spacial score (nSPS) is 11.9. The molecule has 12 heteroatoms. The molecule has 0 saturated carbocycles. The first-order valence-corrected chi connectivity index (χ1v) is 12.0. The Morgan fingerprint density at radius 2 is 1.89 bits per heavy atom. The van der Waals surface area contributed by atoms with Gasteiger partial charge in [0.05, 0.1) is 29.7 Å². The Hall–Kier alpha value is -3.73. The minimum Gasteiger partial charge on any atom is -0.383 e. The van der Waals surface area contributed by atoms with Crippen molar-refractivity contribution in [3.8, 4) is 11.1 Å². The predicted molar refractivity (Wildman–Crippen MR) is 141 cm³/mol. The van der Waals surface area contributed by atoms with E-state index in [0.717, 1.165) is 12.1 Å². The van der Waals surface area contributed by atoms with Crippen LogP contribution < -0.4 is 16.4 Å². The SMILES string of the molecule is COCCNC(=O)/C=C/c1[nH]cc(C(=O)N[C@@H](CC(N)=O)c2ccc(F)c(Cl)c2)c1-c1ccc(Cl)cc1F. The van der Waals surface area contributed by atoms with Crippen molar-refractivity contribution in [1.29, 1.82) is 0 Å². The molecule has 0 radical (unpaired) electrons. The summed E-state index contributed by atoms with van der Waals surface area (Å²) < 4.78 is 33.5. The van der Waals surface area contributed by atoms with Crippen LogP contribution in [-0.4, -0.2) is 43.0 Å². The molecule has 1 aromatic heterocycles. The van der Waals surface area contributed by atoms with Gasteiger partial charge in [0.1, 0.15) is 11.6 Å². The van der Waals surface area contributed by atoms with Crippen LogP contribution in [0.5, 0.6) is 0 Å². The van der Waals surface area contributed by atoms with Crippen molar-refractivity contribution in [3.05, 3.63) is 87.2 Å². The summed E-state index contributed by atoms with van der Waals surface area (Å²) in [6.45, 7) is 0.602. The van der Waals surface area contributed by atoms with Gasteiger partial charge in [-0.1, -0.05) is 29.3 Å². The zero-order valence-corrected chi connectivity index (χ0v) is 21.6. The molecule has 0 fully saturated rings. The van der Waals surface area contributed by atoms with E-state index in [1.807, 2.05) is 0 Å². The summed E-state index contributed by atoms with van der Waals surface area (Å²) in [6.07, 6.45) is 3.64. The number of benzene rings is 2. The number of rotatable bonds is 11. The molecule has 0 unspecified atom stereocenters. The van der Waals surface area contributed by atoms with Crippen LogP contribution in [0.15, 0.2) is 48.7 Å². The molecule has 0 spiro atoms. The van der Waals surface area contributed by atoms with Crippen LogP contribution in [0.25, 0.3) is 17.2 Å². The van der Waals surface area contributed by atoms with Crippen molar-refractivity contribution >= 4 is 47.0 Å². The minimum atomic E-state index is -0.957. The van der Waals surface area contributed by atoms with Crippen LogP contribution in [0.2, 0.25) is 10.0 Å². The number of methoxy groups -OCH3 is 1. The molecule has 0 aliphatic rings. The molecule has 3 rings (SSSR count). The number of amides is 3. The average Bonchev–Trinajstić information content (AvgIpc) is 3.27. The van der Waals surface area contributed by atoms with Crippen LogP contribution >= 0.6 is 23.2 Å². The van der Waals surface area contributed by atoms with Crippen molar-refractivity contribution in [1.82, 2.24) is 15.6 Å². The van der Waals surface area contributed by atoms with E-state index in [9.17, 15) is 23.2 Å². The number of nitrogens with two attached hydrogens (primary N) is 1. The Bertz CT molecular complexity index is 1380. The van der Waals surface area contributed by atoms with Gasteiger partial charge in [-0.25, -0.2) is 8.78 Å². The number of H-pyrrole nitrogens is 1. The van der Waals surface area contributed by atoms with Gasteiger partial charge in [-0.2, -0.15) is 0 Å². The van der Waals surface area contributed by atoms with Gasteiger partial charge in [-0.3, -0.25) is 14.4 Å². The first-order chi connectivity index (χ1) is 18.1. The number of carbonyl (C=O) groups is 3. The largest absolute Gasteiger partial charge is 0.383 e. The second kappa shape index (κ2) is 13.2. The lowest BCUT2D eigenvalue weighted by molar-refractivity contribution is -0.118. The summed E-state index contributed by atoms with van der Waals surface area (Å²) in [6, 6.07) is 6.72. The van der Waals surface area contributed by atoms with Crippen LogP contribution in [0, 0.1) is 11.6 Å². The zero-order valence-electron chi connectivity index (χ0n) is 20.1. The van der Waals surface area contributed by atoms with E-state index in [1.165, 1.54) is 49.7 Å². The second-order valence-corrected chi connectivity index (χ2v) is 8.95. The van der Waals surface area contributed by atoms with Crippen molar-refractivity contribution in [2.24, 2.45) is 5.73 Å². The van der Waals surface area contributed by atoms with Gasteiger partial charge in [0.2, 0.25) is 11.8 Å². The summed E-state index contributed by atoms with van der Waals surface area (Å²) >= 11 is 11.8. The monoisotopic (exact) mass is 564 g/mol. The number of primary amides is 1. The number of nitrogens with one attached hydrogen (secondary N) is 3. The molecule has 0 aliphatic heterocycles. The maximum atomic E-state index is 15.0.